The van der Waals surface area contributed by atoms with Gasteiger partial charge in [0.15, 0.2) is 0 Å². The molecule has 0 atom stereocenters. The Kier molecular flexibility index (Phi) is 2.68. The van der Waals surface area contributed by atoms with Crippen LogP contribution in [0.4, 0.5) is 10.1 Å². The third kappa shape index (κ3) is 1.99. The van der Waals surface area contributed by atoms with Crippen LogP contribution in [0.2, 0.25) is 0 Å². The second-order valence-corrected chi connectivity index (χ2v) is 3.62. The lowest BCUT2D eigenvalue weighted by Gasteiger charge is -2.40. The quantitative estimate of drug-likeness (QED) is 0.706. The van der Waals surface area contributed by atoms with E-state index in [4.69, 9.17) is 4.74 Å². The maximum atomic E-state index is 13.1. The summed E-state index contributed by atoms with van der Waals surface area (Å²) in [6, 6.07) is 4.34. The summed E-state index contributed by atoms with van der Waals surface area (Å²) in [5, 5.41) is 0. The van der Waals surface area contributed by atoms with Crippen molar-refractivity contribution in [3.8, 4) is 0 Å². The van der Waals surface area contributed by atoms with Gasteiger partial charge in [0.2, 0.25) is 0 Å². The second kappa shape index (κ2) is 3.98. The van der Waals surface area contributed by atoms with E-state index in [-0.39, 0.29) is 11.9 Å². The predicted octanol–water partition coefficient (Wildman–Crippen LogP) is 1.47. The summed E-state index contributed by atoms with van der Waals surface area (Å²) in [5.74, 6) is -0.379. The summed E-state index contributed by atoms with van der Waals surface area (Å²) in [4.78, 5) is 12.5. The Hall–Kier alpha value is -1.42. The molecule has 1 aliphatic heterocycles. The minimum atomic E-state index is -0.379. The first-order valence-corrected chi connectivity index (χ1v) is 4.76. The highest BCUT2D eigenvalue weighted by Gasteiger charge is 2.26. The zero-order valence-corrected chi connectivity index (χ0v) is 8.44. The lowest BCUT2D eigenvalue weighted by Crippen LogP contribution is -2.51. The highest BCUT2D eigenvalue weighted by atomic mass is 19.1. The number of aldehydes is 1. The molecule has 0 bridgehead atoms. The Morgan fingerprint density at radius 3 is 2.80 bits per heavy atom. The van der Waals surface area contributed by atoms with E-state index in [0.717, 1.165) is 18.8 Å². The van der Waals surface area contributed by atoms with Gasteiger partial charge < -0.3 is 9.64 Å². The van der Waals surface area contributed by atoms with Crippen molar-refractivity contribution < 1.29 is 13.9 Å². The van der Waals surface area contributed by atoms with Crippen molar-refractivity contribution in [3.63, 3.8) is 0 Å². The van der Waals surface area contributed by atoms with Crippen molar-refractivity contribution in [2.75, 3.05) is 25.1 Å². The molecule has 15 heavy (non-hydrogen) atoms. The highest BCUT2D eigenvalue weighted by Crippen LogP contribution is 2.23. The molecule has 0 N–H and O–H groups in total. The number of carbonyl (C=O) groups excluding carboxylic acids is 1. The lowest BCUT2D eigenvalue weighted by atomic mass is 10.1. The van der Waals surface area contributed by atoms with Gasteiger partial charge in [-0.3, -0.25) is 4.79 Å². The Morgan fingerprint density at radius 2 is 2.20 bits per heavy atom. The molecule has 0 unspecified atom stereocenters. The number of hydrogen-bond donors (Lipinski definition) is 0. The van der Waals surface area contributed by atoms with E-state index >= 15 is 0 Å². The van der Waals surface area contributed by atoms with Crippen molar-refractivity contribution in [1.82, 2.24) is 0 Å². The number of nitrogens with zero attached hydrogens (tertiary/aromatic N) is 1. The zero-order chi connectivity index (χ0) is 10.8. The number of benzene rings is 1. The van der Waals surface area contributed by atoms with Crippen LogP contribution in [0.5, 0.6) is 0 Å². The normalized spacial score (nSPS) is 16.3. The van der Waals surface area contributed by atoms with Gasteiger partial charge in [0.1, 0.15) is 12.1 Å². The Balaban J connectivity index is 2.15. The average molecular weight is 209 g/mol. The Labute approximate surface area is 87.5 Å². The third-order valence-corrected chi connectivity index (χ3v) is 2.59. The molecule has 0 aromatic heterocycles. The van der Waals surface area contributed by atoms with E-state index < -0.39 is 0 Å². The van der Waals surface area contributed by atoms with Gasteiger partial charge in [0, 0.05) is 31.5 Å². The van der Waals surface area contributed by atoms with Crippen molar-refractivity contribution in [3.05, 3.63) is 29.6 Å². The molecule has 1 fully saturated rings. The van der Waals surface area contributed by atoms with Crippen LogP contribution in [0.3, 0.4) is 0 Å². The third-order valence-electron chi connectivity index (χ3n) is 2.59. The standard InChI is InChI=1S/C11H12FNO2/c1-15-11-5-13(6-11)10-3-8(7-14)2-9(12)4-10/h2-4,7,11H,5-6H2,1H3. The Morgan fingerprint density at radius 1 is 1.47 bits per heavy atom. The number of rotatable bonds is 3. The maximum absolute atomic E-state index is 13.1. The van der Waals surface area contributed by atoms with Gasteiger partial charge in [-0.2, -0.15) is 0 Å². The molecule has 4 heteroatoms. The predicted molar refractivity (Wildman–Crippen MR) is 54.8 cm³/mol. The first kappa shape index (κ1) is 10.1. The van der Waals surface area contributed by atoms with Crippen LogP contribution in [-0.4, -0.2) is 32.6 Å². The molecule has 1 aromatic carbocycles. The molecular formula is C11H12FNO2. The fourth-order valence-electron chi connectivity index (χ4n) is 1.64. The zero-order valence-electron chi connectivity index (χ0n) is 8.44. The van der Waals surface area contributed by atoms with E-state index in [9.17, 15) is 9.18 Å². The topological polar surface area (TPSA) is 29.5 Å². The average Bonchev–Trinajstić information content (AvgIpc) is 2.15. The monoisotopic (exact) mass is 209 g/mol. The molecule has 80 valence electrons. The van der Waals surface area contributed by atoms with Crippen molar-refractivity contribution >= 4 is 12.0 Å². The van der Waals surface area contributed by atoms with E-state index in [1.54, 1.807) is 13.2 Å². The van der Waals surface area contributed by atoms with Crippen LogP contribution >= 0.6 is 0 Å². The molecule has 1 aromatic rings. The van der Waals surface area contributed by atoms with Crippen LogP contribution in [0.25, 0.3) is 0 Å². The number of halogens is 1. The molecule has 1 aliphatic rings. The van der Waals surface area contributed by atoms with Gasteiger partial charge in [0.25, 0.3) is 0 Å². The molecule has 1 saturated heterocycles. The summed E-state index contributed by atoms with van der Waals surface area (Å²) in [5.41, 5.74) is 1.11. The van der Waals surface area contributed by atoms with Crippen LogP contribution in [0.15, 0.2) is 18.2 Å². The van der Waals surface area contributed by atoms with Crippen molar-refractivity contribution in [1.29, 1.82) is 0 Å². The SMILES string of the molecule is COC1CN(c2cc(F)cc(C=O)c2)C1. The summed E-state index contributed by atoms with van der Waals surface area (Å²) in [6.07, 6.45) is 0.869. The number of anilines is 1. The molecule has 0 spiro atoms. The van der Waals surface area contributed by atoms with Gasteiger partial charge in [-0.15, -0.1) is 0 Å². The minimum absolute atomic E-state index is 0.216. The van der Waals surface area contributed by atoms with Crippen LogP contribution in [-0.2, 0) is 4.74 Å². The van der Waals surface area contributed by atoms with Gasteiger partial charge in [-0.05, 0) is 18.2 Å². The fourth-order valence-corrected chi connectivity index (χ4v) is 1.64. The molecule has 0 radical (unpaired) electrons. The van der Waals surface area contributed by atoms with E-state index in [1.807, 2.05) is 4.90 Å². The largest absolute Gasteiger partial charge is 0.378 e. The van der Waals surface area contributed by atoms with Crippen LogP contribution in [0.1, 0.15) is 10.4 Å². The fraction of sp³-hybridized carbons (Fsp3) is 0.364. The van der Waals surface area contributed by atoms with E-state index in [1.165, 1.54) is 12.1 Å². The molecule has 1 heterocycles. The van der Waals surface area contributed by atoms with Crippen molar-refractivity contribution in [2.24, 2.45) is 0 Å². The molecular weight excluding hydrogens is 197 g/mol. The summed E-state index contributed by atoms with van der Waals surface area (Å²) in [7, 11) is 1.66. The number of ether oxygens (including phenoxy) is 1. The first-order valence-electron chi connectivity index (χ1n) is 4.76. The molecule has 0 aliphatic carbocycles. The molecule has 0 amide bonds. The van der Waals surface area contributed by atoms with E-state index in [0.29, 0.717) is 11.8 Å². The van der Waals surface area contributed by atoms with Gasteiger partial charge >= 0.3 is 0 Å². The van der Waals surface area contributed by atoms with Gasteiger partial charge in [-0.1, -0.05) is 0 Å². The van der Waals surface area contributed by atoms with Crippen LogP contribution < -0.4 is 4.90 Å². The second-order valence-electron chi connectivity index (χ2n) is 3.62. The lowest BCUT2D eigenvalue weighted by molar-refractivity contribution is 0.0787. The summed E-state index contributed by atoms with van der Waals surface area (Å²) >= 11 is 0. The molecule has 2 rings (SSSR count). The highest BCUT2D eigenvalue weighted by molar-refractivity contribution is 5.77. The molecule has 3 nitrogen and oxygen atoms in total. The minimum Gasteiger partial charge on any atom is -0.378 e. The summed E-state index contributed by atoms with van der Waals surface area (Å²) < 4.78 is 18.2. The van der Waals surface area contributed by atoms with Gasteiger partial charge in [0.05, 0.1) is 6.10 Å². The van der Waals surface area contributed by atoms with E-state index in [2.05, 4.69) is 0 Å². The smallest absolute Gasteiger partial charge is 0.150 e. The first-order chi connectivity index (χ1) is 7.22. The number of carbonyl (C=O) groups is 1. The summed E-state index contributed by atoms with van der Waals surface area (Å²) in [6.45, 7) is 1.50. The van der Waals surface area contributed by atoms with Crippen molar-refractivity contribution in [2.45, 2.75) is 6.10 Å². The maximum Gasteiger partial charge on any atom is 0.150 e. The van der Waals surface area contributed by atoms with Crippen LogP contribution in [0, 0.1) is 5.82 Å². The Bertz CT molecular complexity index is 375. The molecule has 0 saturated carbocycles. The van der Waals surface area contributed by atoms with Gasteiger partial charge in [-0.25, -0.2) is 4.39 Å². The number of methoxy groups -OCH3 is 1. The number of hydrogen-bond acceptors (Lipinski definition) is 3.